The smallest absolute Gasteiger partial charge is 0.322 e. The quantitative estimate of drug-likeness (QED) is 0.919. The van der Waals surface area contributed by atoms with E-state index in [-0.39, 0.29) is 6.03 Å². The SMILES string of the molecule is Cc1cccnc1NC(=O)N(C)CCOc1ccccc1. The number of pyridine rings is 1. The van der Waals surface area contributed by atoms with Gasteiger partial charge in [-0.1, -0.05) is 24.3 Å². The molecule has 0 saturated carbocycles. The standard InChI is InChI=1S/C16H19N3O2/c1-13-7-6-10-17-15(13)18-16(20)19(2)11-12-21-14-8-4-3-5-9-14/h3-10H,11-12H2,1-2H3,(H,17,18,20). The van der Waals surface area contributed by atoms with Crippen LogP contribution in [0, 0.1) is 6.92 Å². The lowest BCUT2D eigenvalue weighted by Gasteiger charge is -2.18. The summed E-state index contributed by atoms with van der Waals surface area (Å²) in [5, 5.41) is 2.78. The van der Waals surface area contributed by atoms with Crippen molar-refractivity contribution in [2.75, 3.05) is 25.5 Å². The molecule has 0 aliphatic rings. The van der Waals surface area contributed by atoms with Gasteiger partial charge in [0.2, 0.25) is 0 Å². The third-order valence-corrected chi connectivity index (χ3v) is 3.02. The second kappa shape index (κ2) is 7.28. The largest absolute Gasteiger partial charge is 0.492 e. The Bertz CT molecular complexity index is 587. The lowest BCUT2D eigenvalue weighted by molar-refractivity contribution is 0.207. The summed E-state index contributed by atoms with van der Waals surface area (Å²) in [6.45, 7) is 2.84. The summed E-state index contributed by atoms with van der Waals surface area (Å²) in [6.07, 6.45) is 1.65. The molecule has 0 aliphatic carbocycles. The molecule has 1 aromatic carbocycles. The number of carbonyl (C=O) groups is 1. The van der Waals surface area contributed by atoms with Crippen LogP contribution in [0.2, 0.25) is 0 Å². The van der Waals surface area contributed by atoms with Gasteiger partial charge in [-0.3, -0.25) is 5.32 Å². The van der Waals surface area contributed by atoms with E-state index in [2.05, 4.69) is 10.3 Å². The van der Waals surface area contributed by atoms with Gasteiger partial charge in [0.25, 0.3) is 0 Å². The first-order valence-electron chi connectivity index (χ1n) is 6.78. The zero-order valence-electron chi connectivity index (χ0n) is 12.2. The van der Waals surface area contributed by atoms with Crippen molar-refractivity contribution in [3.8, 4) is 5.75 Å². The van der Waals surface area contributed by atoms with Gasteiger partial charge in [-0.25, -0.2) is 9.78 Å². The number of nitrogens with one attached hydrogen (secondary N) is 1. The Hall–Kier alpha value is -2.56. The van der Waals surface area contributed by atoms with Crippen molar-refractivity contribution in [3.05, 3.63) is 54.2 Å². The number of aryl methyl sites for hydroxylation is 1. The maximum Gasteiger partial charge on any atom is 0.322 e. The molecule has 0 spiro atoms. The Balaban J connectivity index is 1.79. The highest BCUT2D eigenvalue weighted by Gasteiger charge is 2.10. The van der Waals surface area contributed by atoms with Crippen LogP contribution >= 0.6 is 0 Å². The third kappa shape index (κ3) is 4.49. The molecule has 110 valence electrons. The predicted molar refractivity (Wildman–Crippen MR) is 82.6 cm³/mol. The molecule has 0 saturated heterocycles. The molecule has 0 fully saturated rings. The van der Waals surface area contributed by atoms with Gasteiger partial charge in [0.15, 0.2) is 0 Å². The Morgan fingerprint density at radius 2 is 2.00 bits per heavy atom. The van der Waals surface area contributed by atoms with E-state index in [1.807, 2.05) is 49.4 Å². The van der Waals surface area contributed by atoms with Crippen LogP contribution in [0.4, 0.5) is 10.6 Å². The van der Waals surface area contributed by atoms with Crippen LogP contribution in [-0.4, -0.2) is 36.1 Å². The average Bonchev–Trinajstić information content (AvgIpc) is 2.50. The van der Waals surface area contributed by atoms with Crippen molar-refractivity contribution in [1.82, 2.24) is 9.88 Å². The molecule has 0 radical (unpaired) electrons. The van der Waals surface area contributed by atoms with Gasteiger partial charge in [-0.15, -0.1) is 0 Å². The van der Waals surface area contributed by atoms with Gasteiger partial charge < -0.3 is 9.64 Å². The molecule has 5 heteroatoms. The number of aromatic nitrogens is 1. The molecule has 1 aromatic heterocycles. The van der Waals surface area contributed by atoms with Crippen molar-refractivity contribution in [2.24, 2.45) is 0 Å². The number of ether oxygens (including phenoxy) is 1. The summed E-state index contributed by atoms with van der Waals surface area (Å²) in [5.41, 5.74) is 0.930. The van der Waals surface area contributed by atoms with E-state index in [0.29, 0.717) is 19.0 Å². The van der Waals surface area contributed by atoms with Crippen molar-refractivity contribution in [2.45, 2.75) is 6.92 Å². The number of carbonyl (C=O) groups excluding carboxylic acids is 1. The summed E-state index contributed by atoms with van der Waals surface area (Å²) in [7, 11) is 1.72. The van der Waals surface area contributed by atoms with E-state index in [9.17, 15) is 4.79 Å². The van der Waals surface area contributed by atoms with Crippen LogP contribution in [0.25, 0.3) is 0 Å². The number of benzene rings is 1. The number of nitrogens with zero attached hydrogens (tertiary/aromatic N) is 2. The zero-order chi connectivity index (χ0) is 15.1. The van der Waals surface area contributed by atoms with Crippen molar-refractivity contribution < 1.29 is 9.53 Å². The number of likely N-dealkylation sites (N-methyl/N-ethyl adjacent to an activating group) is 1. The van der Waals surface area contributed by atoms with E-state index in [1.54, 1.807) is 18.1 Å². The summed E-state index contributed by atoms with van der Waals surface area (Å²) >= 11 is 0. The molecule has 0 atom stereocenters. The van der Waals surface area contributed by atoms with Crippen LogP contribution < -0.4 is 10.1 Å². The molecule has 0 bridgehead atoms. The van der Waals surface area contributed by atoms with E-state index >= 15 is 0 Å². The molecule has 5 nitrogen and oxygen atoms in total. The minimum Gasteiger partial charge on any atom is -0.492 e. The van der Waals surface area contributed by atoms with E-state index in [0.717, 1.165) is 11.3 Å². The maximum atomic E-state index is 12.0. The second-order valence-electron chi connectivity index (χ2n) is 4.68. The van der Waals surface area contributed by atoms with Gasteiger partial charge in [-0.2, -0.15) is 0 Å². The fourth-order valence-corrected chi connectivity index (χ4v) is 1.73. The highest BCUT2D eigenvalue weighted by molar-refractivity contribution is 5.88. The number of urea groups is 1. The predicted octanol–water partition coefficient (Wildman–Crippen LogP) is 2.93. The lowest BCUT2D eigenvalue weighted by atomic mass is 10.3. The van der Waals surface area contributed by atoms with Crippen LogP contribution in [0.1, 0.15) is 5.56 Å². The topological polar surface area (TPSA) is 54.5 Å². The van der Waals surface area contributed by atoms with Gasteiger partial charge >= 0.3 is 6.03 Å². The summed E-state index contributed by atoms with van der Waals surface area (Å²) < 4.78 is 5.56. The monoisotopic (exact) mass is 285 g/mol. The molecule has 1 N–H and O–H groups in total. The zero-order valence-corrected chi connectivity index (χ0v) is 12.2. The normalized spacial score (nSPS) is 10.0. The minimum atomic E-state index is -0.200. The Kier molecular flexibility index (Phi) is 5.15. The van der Waals surface area contributed by atoms with Crippen LogP contribution in [0.3, 0.4) is 0 Å². The first kappa shape index (κ1) is 14.8. The van der Waals surface area contributed by atoms with Gasteiger partial charge in [0, 0.05) is 13.2 Å². The van der Waals surface area contributed by atoms with Crippen LogP contribution in [0.15, 0.2) is 48.7 Å². The number of amides is 2. The van der Waals surface area contributed by atoms with Gasteiger partial charge in [-0.05, 0) is 30.7 Å². The molecule has 2 rings (SSSR count). The number of rotatable bonds is 5. The molecule has 0 aliphatic heterocycles. The van der Waals surface area contributed by atoms with Gasteiger partial charge in [0.05, 0.1) is 6.54 Å². The lowest BCUT2D eigenvalue weighted by Crippen LogP contribution is -2.34. The molecular weight excluding hydrogens is 266 g/mol. The second-order valence-corrected chi connectivity index (χ2v) is 4.68. The first-order valence-corrected chi connectivity index (χ1v) is 6.78. The fourth-order valence-electron chi connectivity index (χ4n) is 1.73. The van der Waals surface area contributed by atoms with Crippen molar-refractivity contribution in [3.63, 3.8) is 0 Å². The molecule has 0 unspecified atom stereocenters. The highest BCUT2D eigenvalue weighted by Crippen LogP contribution is 2.10. The maximum absolute atomic E-state index is 12.0. The summed E-state index contributed by atoms with van der Waals surface area (Å²) in [5.74, 6) is 1.38. The fraction of sp³-hybridized carbons (Fsp3) is 0.250. The molecule has 1 heterocycles. The van der Waals surface area contributed by atoms with Crippen LogP contribution in [-0.2, 0) is 0 Å². The van der Waals surface area contributed by atoms with Crippen molar-refractivity contribution >= 4 is 11.8 Å². The molecule has 21 heavy (non-hydrogen) atoms. The van der Waals surface area contributed by atoms with E-state index in [1.165, 1.54) is 0 Å². The first-order chi connectivity index (χ1) is 10.2. The Morgan fingerprint density at radius 3 is 2.71 bits per heavy atom. The molecular formula is C16H19N3O2. The third-order valence-electron chi connectivity index (χ3n) is 3.02. The number of para-hydroxylation sites is 1. The number of hydrogen-bond donors (Lipinski definition) is 1. The average molecular weight is 285 g/mol. The van der Waals surface area contributed by atoms with Gasteiger partial charge in [0.1, 0.15) is 18.2 Å². The molecule has 2 amide bonds. The number of anilines is 1. The van der Waals surface area contributed by atoms with Crippen LogP contribution in [0.5, 0.6) is 5.75 Å². The van der Waals surface area contributed by atoms with E-state index in [4.69, 9.17) is 4.74 Å². The summed E-state index contributed by atoms with van der Waals surface area (Å²) in [4.78, 5) is 17.7. The highest BCUT2D eigenvalue weighted by atomic mass is 16.5. The minimum absolute atomic E-state index is 0.200. The van der Waals surface area contributed by atoms with Crippen molar-refractivity contribution in [1.29, 1.82) is 0 Å². The Labute approximate surface area is 124 Å². The number of hydrogen-bond acceptors (Lipinski definition) is 3. The molecule has 2 aromatic rings. The Morgan fingerprint density at radius 1 is 1.24 bits per heavy atom. The van der Waals surface area contributed by atoms with E-state index < -0.39 is 0 Å². The summed E-state index contributed by atoms with van der Waals surface area (Å²) in [6, 6.07) is 13.1.